The summed E-state index contributed by atoms with van der Waals surface area (Å²) >= 11 is 0. The van der Waals surface area contributed by atoms with Crippen molar-refractivity contribution in [2.24, 2.45) is 0 Å². The molecule has 2 aliphatic rings. The van der Waals surface area contributed by atoms with Gasteiger partial charge in [-0.1, -0.05) is 164 Å². The molecule has 10 aromatic rings. The summed E-state index contributed by atoms with van der Waals surface area (Å²) in [6.07, 6.45) is 0. The lowest BCUT2D eigenvalue weighted by molar-refractivity contribution is 0.794. The molecule has 0 radical (unpaired) electrons. The molecule has 0 aromatic heterocycles. The maximum absolute atomic E-state index is 9.43. The van der Waals surface area contributed by atoms with Gasteiger partial charge in [-0.3, -0.25) is 0 Å². The van der Waals surface area contributed by atoms with E-state index in [-0.39, 0.29) is 0 Å². The van der Waals surface area contributed by atoms with E-state index < -0.39 is 5.41 Å². The van der Waals surface area contributed by atoms with Gasteiger partial charge in [-0.25, -0.2) is 0 Å². The summed E-state index contributed by atoms with van der Waals surface area (Å²) in [4.78, 5) is 2.47. The first kappa shape index (κ1) is 32.5. The van der Waals surface area contributed by atoms with Crippen LogP contribution in [0, 0.1) is 11.3 Å². The summed E-state index contributed by atoms with van der Waals surface area (Å²) in [5, 5.41) is 16.9. The number of hydrogen-bond donors (Lipinski definition) is 0. The molecule has 2 heteroatoms. The lowest BCUT2D eigenvalue weighted by atomic mass is 9.70. The predicted molar refractivity (Wildman–Crippen MR) is 240 cm³/mol. The van der Waals surface area contributed by atoms with E-state index in [1.807, 2.05) is 24.3 Å². The van der Waals surface area contributed by atoms with Crippen molar-refractivity contribution < 1.29 is 0 Å². The Balaban J connectivity index is 1.14. The number of fused-ring (bicyclic) bond motifs is 16. The average Bonchev–Trinajstić information content (AvgIpc) is 3.77. The van der Waals surface area contributed by atoms with Crippen molar-refractivity contribution in [3.05, 3.63) is 234 Å². The Bertz CT molecular complexity index is 3270. The lowest BCUT2D eigenvalue weighted by Crippen LogP contribution is -2.26. The molecule has 2 nitrogen and oxygen atoms in total. The van der Waals surface area contributed by atoms with E-state index in [0.29, 0.717) is 5.56 Å². The number of nitriles is 1. The van der Waals surface area contributed by atoms with Crippen LogP contribution in [-0.2, 0) is 5.41 Å². The van der Waals surface area contributed by atoms with Gasteiger partial charge in [0.2, 0.25) is 0 Å². The zero-order valence-corrected chi connectivity index (χ0v) is 31.5. The molecular weight excluding hydrogens is 701 g/mol. The number of hydrogen-bond acceptors (Lipinski definition) is 2. The first-order chi connectivity index (χ1) is 28.7. The molecule has 0 aliphatic heterocycles. The van der Waals surface area contributed by atoms with E-state index in [0.717, 1.165) is 28.2 Å². The molecular formula is C56H34N2. The number of anilines is 3. The van der Waals surface area contributed by atoms with Gasteiger partial charge < -0.3 is 4.90 Å². The quantitative estimate of drug-likeness (QED) is 0.168. The van der Waals surface area contributed by atoms with Crippen LogP contribution in [0.4, 0.5) is 17.1 Å². The second-order valence-corrected chi connectivity index (χ2v) is 15.5. The van der Waals surface area contributed by atoms with Crippen molar-refractivity contribution in [1.29, 1.82) is 5.26 Å². The highest BCUT2D eigenvalue weighted by molar-refractivity contribution is 6.26. The Hall–Kier alpha value is -7.73. The van der Waals surface area contributed by atoms with Crippen molar-refractivity contribution in [3.63, 3.8) is 0 Å². The minimum Gasteiger partial charge on any atom is -0.310 e. The Kier molecular flexibility index (Phi) is 6.94. The van der Waals surface area contributed by atoms with E-state index >= 15 is 0 Å². The lowest BCUT2D eigenvalue weighted by Gasteiger charge is -2.32. The molecule has 0 fully saturated rings. The molecule has 0 amide bonds. The van der Waals surface area contributed by atoms with Crippen LogP contribution in [0.15, 0.2) is 206 Å². The minimum atomic E-state index is -0.446. The van der Waals surface area contributed by atoms with Crippen LogP contribution in [0.5, 0.6) is 0 Å². The van der Waals surface area contributed by atoms with E-state index in [2.05, 4.69) is 193 Å². The molecule has 1 spiro atoms. The maximum atomic E-state index is 9.43. The first-order valence-electron chi connectivity index (χ1n) is 19.9. The Labute approximate surface area is 337 Å². The van der Waals surface area contributed by atoms with Crippen molar-refractivity contribution >= 4 is 49.4 Å². The van der Waals surface area contributed by atoms with Gasteiger partial charge in [0.25, 0.3) is 0 Å². The number of rotatable bonds is 4. The standard InChI is InChI=1S/C56H34N2/c57-35-36-24-26-37(27-25-36)38-28-30-39(31-29-38)58(40-32-33-45-43-14-2-1-12-41(43)42-13-3-4-15-44(42)49(45)34-40)54-23-11-22-53-55(54)48-18-7-10-21-52(48)56(53)50-19-8-5-16-46(50)47-17-6-9-20-51(47)56/h1-34H. The van der Waals surface area contributed by atoms with Gasteiger partial charge in [-0.15, -0.1) is 0 Å². The van der Waals surface area contributed by atoms with Gasteiger partial charge >= 0.3 is 0 Å². The van der Waals surface area contributed by atoms with Crippen LogP contribution >= 0.6 is 0 Å². The zero-order valence-electron chi connectivity index (χ0n) is 31.5. The monoisotopic (exact) mass is 734 g/mol. The van der Waals surface area contributed by atoms with Crippen LogP contribution < -0.4 is 4.90 Å². The maximum Gasteiger partial charge on any atom is 0.0991 e. The van der Waals surface area contributed by atoms with Crippen molar-refractivity contribution in [1.82, 2.24) is 0 Å². The molecule has 0 atom stereocenters. The number of nitrogens with zero attached hydrogens (tertiary/aromatic N) is 2. The molecule has 0 bridgehead atoms. The second-order valence-electron chi connectivity index (χ2n) is 15.5. The fraction of sp³-hybridized carbons (Fsp3) is 0.0179. The van der Waals surface area contributed by atoms with Crippen molar-refractivity contribution in [3.8, 4) is 39.4 Å². The van der Waals surface area contributed by atoms with Crippen LogP contribution in [0.1, 0.15) is 27.8 Å². The summed E-state index contributed by atoms with van der Waals surface area (Å²) in [5.74, 6) is 0. The van der Waals surface area contributed by atoms with Crippen LogP contribution in [0.25, 0.3) is 65.7 Å². The van der Waals surface area contributed by atoms with E-state index in [1.54, 1.807) is 0 Å². The van der Waals surface area contributed by atoms with Crippen LogP contribution in [0.2, 0.25) is 0 Å². The summed E-state index contributed by atoms with van der Waals surface area (Å²) in [5.41, 5.74) is 16.1. The molecule has 58 heavy (non-hydrogen) atoms. The fourth-order valence-electron chi connectivity index (χ4n) is 10.3. The third-order valence-corrected chi connectivity index (χ3v) is 12.7. The topological polar surface area (TPSA) is 27.0 Å². The summed E-state index contributed by atoms with van der Waals surface area (Å²) in [7, 11) is 0. The SMILES string of the molecule is N#Cc1ccc(-c2ccc(N(c3ccc4c5ccccc5c5ccccc5c4c3)c3cccc4c3-c3ccccc3C43c4ccccc4-c4ccccc43)cc2)cc1. The van der Waals surface area contributed by atoms with Crippen molar-refractivity contribution in [2.45, 2.75) is 5.41 Å². The van der Waals surface area contributed by atoms with Gasteiger partial charge in [0.1, 0.15) is 0 Å². The Morgan fingerprint density at radius 1 is 0.362 bits per heavy atom. The molecule has 12 rings (SSSR count). The Morgan fingerprint density at radius 2 is 0.810 bits per heavy atom. The van der Waals surface area contributed by atoms with Gasteiger partial charge in [0, 0.05) is 16.9 Å². The van der Waals surface area contributed by atoms with Gasteiger partial charge in [0.05, 0.1) is 22.7 Å². The van der Waals surface area contributed by atoms with Crippen LogP contribution in [0.3, 0.4) is 0 Å². The van der Waals surface area contributed by atoms with Crippen molar-refractivity contribution in [2.75, 3.05) is 4.90 Å². The van der Waals surface area contributed by atoms with Crippen LogP contribution in [-0.4, -0.2) is 0 Å². The van der Waals surface area contributed by atoms with E-state index in [4.69, 9.17) is 0 Å². The molecule has 2 aliphatic carbocycles. The summed E-state index contributed by atoms with van der Waals surface area (Å²) < 4.78 is 0. The highest BCUT2D eigenvalue weighted by atomic mass is 15.1. The van der Waals surface area contributed by atoms with E-state index in [1.165, 1.54) is 76.8 Å². The molecule has 0 N–H and O–H groups in total. The third-order valence-electron chi connectivity index (χ3n) is 12.7. The second kappa shape index (κ2) is 12.4. The highest BCUT2D eigenvalue weighted by Gasteiger charge is 2.52. The molecule has 268 valence electrons. The number of benzene rings is 10. The van der Waals surface area contributed by atoms with Gasteiger partial charge in [0.15, 0.2) is 0 Å². The fourth-order valence-corrected chi connectivity index (χ4v) is 10.3. The predicted octanol–water partition coefficient (Wildman–Crippen LogP) is 14.5. The van der Waals surface area contributed by atoms with E-state index in [9.17, 15) is 5.26 Å². The summed E-state index contributed by atoms with van der Waals surface area (Å²) in [6, 6.07) is 77.6. The van der Waals surface area contributed by atoms with Gasteiger partial charge in [-0.2, -0.15) is 5.26 Å². The molecule has 10 aromatic carbocycles. The minimum absolute atomic E-state index is 0.446. The average molecular weight is 735 g/mol. The third kappa shape index (κ3) is 4.42. The largest absolute Gasteiger partial charge is 0.310 e. The molecule has 0 heterocycles. The normalized spacial score (nSPS) is 12.9. The molecule has 0 unspecified atom stereocenters. The smallest absolute Gasteiger partial charge is 0.0991 e. The molecule has 0 saturated carbocycles. The highest BCUT2D eigenvalue weighted by Crippen LogP contribution is 2.64. The molecule has 0 saturated heterocycles. The summed E-state index contributed by atoms with van der Waals surface area (Å²) in [6.45, 7) is 0. The Morgan fingerprint density at radius 3 is 1.40 bits per heavy atom. The van der Waals surface area contributed by atoms with Gasteiger partial charge in [-0.05, 0) is 125 Å². The zero-order chi connectivity index (χ0) is 38.4. The first-order valence-corrected chi connectivity index (χ1v) is 19.9.